The minimum absolute atomic E-state index is 0.374. The predicted molar refractivity (Wildman–Crippen MR) is 129 cm³/mol. The van der Waals surface area contributed by atoms with Crippen LogP contribution < -0.4 is 10.5 Å². The number of rotatable bonds is 6. The summed E-state index contributed by atoms with van der Waals surface area (Å²) in [6.45, 7) is 2.02. The van der Waals surface area contributed by atoms with Gasteiger partial charge in [0.1, 0.15) is 5.75 Å². The number of hydrogen-bond donors (Lipinski definition) is 2. The zero-order valence-electron chi connectivity index (χ0n) is 18.0. The third-order valence-electron chi connectivity index (χ3n) is 5.87. The first-order valence-electron chi connectivity index (χ1n) is 10.6. The van der Waals surface area contributed by atoms with E-state index in [1.54, 1.807) is 12.1 Å². The highest BCUT2D eigenvalue weighted by Crippen LogP contribution is 2.39. The molecule has 4 aromatic carbocycles. The zero-order chi connectivity index (χ0) is 23.1. The van der Waals surface area contributed by atoms with Crippen LogP contribution in [0.4, 0.5) is 0 Å². The number of primary amides is 1. The summed E-state index contributed by atoms with van der Waals surface area (Å²) in [7, 11) is 0. The summed E-state index contributed by atoms with van der Waals surface area (Å²) < 4.78 is 7.79. The number of carboxylic acids is 1. The third kappa shape index (κ3) is 3.65. The van der Waals surface area contributed by atoms with Crippen molar-refractivity contribution >= 4 is 44.5 Å². The summed E-state index contributed by atoms with van der Waals surface area (Å²) in [6.07, 6.45) is 0. The van der Waals surface area contributed by atoms with E-state index >= 15 is 0 Å². The van der Waals surface area contributed by atoms with Gasteiger partial charge in [-0.15, -0.1) is 0 Å². The SMILES string of the molecule is Cc1cc(OCC(=O)O)c2c3c(C(N)=O)cccc3n(Cc3ccc4ccccc4c3)c2c1. The number of hydrogen-bond acceptors (Lipinski definition) is 3. The summed E-state index contributed by atoms with van der Waals surface area (Å²) in [5, 5.41) is 12.8. The second-order valence-electron chi connectivity index (χ2n) is 8.17. The Labute approximate surface area is 189 Å². The molecule has 0 saturated carbocycles. The number of carbonyl (C=O) groups is 2. The smallest absolute Gasteiger partial charge is 0.341 e. The molecular weight excluding hydrogens is 416 g/mol. The van der Waals surface area contributed by atoms with Crippen LogP contribution in [-0.4, -0.2) is 28.2 Å². The van der Waals surface area contributed by atoms with Crippen molar-refractivity contribution in [3.05, 3.63) is 89.5 Å². The van der Waals surface area contributed by atoms with Crippen LogP contribution in [0.5, 0.6) is 5.75 Å². The van der Waals surface area contributed by atoms with Crippen molar-refractivity contribution < 1.29 is 19.4 Å². The van der Waals surface area contributed by atoms with Gasteiger partial charge in [-0.25, -0.2) is 4.79 Å². The molecule has 6 heteroatoms. The molecule has 0 radical (unpaired) electrons. The summed E-state index contributed by atoms with van der Waals surface area (Å²) >= 11 is 0. The number of aryl methyl sites for hydroxylation is 1. The molecule has 33 heavy (non-hydrogen) atoms. The van der Waals surface area contributed by atoms with E-state index in [4.69, 9.17) is 15.6 Å². The summed E-state index contributed by atoms with van der Waals surface area (Å²) in [5.74, 6) is -1.20. The highest BCUT2D eigenvalue weighted by molar-refractivity contribution is 6.20. The minimum Gasteiger partial charge on any atom is -0.481 e. The lowest BCUT2D eigenvalue weighted by Gasteiger charge is -2.11. The molecule has 0 aliphatic carbocycles. The average Bonchev–Trinajstić information content (AvgIpc) is 3.10. The molecular formula is C27H22N2O4. The van der Waals surface area contributed by atoms with Gasteiger partial charge in [0.05, 0.1) is 16.4 Å². The van der Waals surface area contributed by atoms with E-state index < -0.39 is 18.5 Å². The van der Waals surface area contributed by atoms with E-state index in [0.717, 1.165) is 27.5 Å². The zero-order valence-corrected chi connectivity index (χ0v) is 18.0. The Hall–Kier alpha value is -4.32. The van der Waals surface area contributed by atoms with Crippen LogP contribution in [0, 0.1) is 6.92 Å². The lowest BCUT2D eigenvalue weighted by Crippen LogP contribution is -2.11. The van der Waals surface area contributed by atoms with Gasteiger partial charge < -0.3 is 20.1 Å². The Morgan fingerprint density at radius 2 is 1.70 bits per heavy atom. The molecule has 1 aromatic heterocycles. The maximum atomic E-state index is 12.3. The number of fused-ring (bicyclic) bond motifs is 4. The fraction of sp³-hybridized carbons (Fsp3) is 0.111. The maximum absolute atomic E-state index is 12.3. The summed E-state index contributed by atoms with van der Waals surface area (Å²) in [5.41, 5.74) is 9.80. The lowest BCUT2D eigenvalue weighted by molar-refractivity contribution is -0.139. The molecule has 6 nitrogen and oxygen atoms in total. The normalized spacial score (nSPS) is 11.3. The number of ether oxygens (including phenoxy) is 1. The van der Waals surface area contributed by atoms with Crippen molar-refractivity contribution in [2.45, 2.75) is 13.5 Å². The maximum Gasteiger partial charge on any atom is 0.341 e. The Morgan fingerprint density at radius 1 is 0.909 bits per heavy atom. The van der Waals surface area contributed by atoms with Crippen LogP contribution in [0.2, 0.25) is 0 Å². The van der Waals surface area contributed by atoms with Gasteiger partial charge >= 0.3 is 5.97 Å². The number of benzene rings is 4. The van der Waals surface area contributed by atoms with E-state index in [1.807, 2.05) is 37.3 Å². The van der Waals surface area contributed by atoms with Crippen LogP contribution in [0.15, 0.2) is 72.8 Å². The van der Waals surface area contributed by atoms with Crippen molar-refractivity contribution in [1.82, 2.24) is 4.57 Å². The van der Waals surface area contributed by atoms with Crippen molar-refractivity contribution in [3.8, 4) is 5.75 Å². The number of nitrogens with two attached hydrogens (primary N) is 1. The van der Waals surface area contributed by atoms with Crippen molar-refractivity contribution in [1.29, 1.82) is 0 Å². The molecule has 0 spiro atoms. The molecule has 164 valence electrons. The topological polar surface area (TPSA) is 94.6 Å². The molecule has 5 aromatic rings. The molecule has 0 aliphatic heterocycles. The Kier molecular flexibility index (Phi) is 4.98. The van der Waals surface area contributed by atoms with Crippen LogP contribution >= 0.6 is 0 Å². The van der Waals surface area contributed by atoms with Crippen LogP contribution in [0.25, 0.3) is 32.6 Å². The molecule has 1 heterocycles. The summed E-state index contributed by atoms with van der Waals surface area (Å²) in [4.78, 5) is 23.5. The molecule has 0 atom stereocenters. The fourth-order valence-electron chi connectivity index (χ4n) is 4.51. The Balaban J connectivity index is 1.78. The quantitative estimate of drug-likeness (QED) is 0.396. The predicted octanol–water partition coefficient (Wildman–Crippen LogP) is 4.87. The van der Waals surface area contributed by atoms with Crippen molar-refractivity contribution in [2.75, 3.05) is 6.61 Å². The second-order valence-corrected chi connectivity index (χ2v) is 8.17. The Morgan fingerprint density at radius 3 is 2.45 bits per heavy atom. The average molecular weight is 438 g/mol. The third-order valence-corrected chi connectivity index (χ3v) is 5.87. The Bertz CT molecular complexity index is 1570. The van der Waals surface area contributed by atoms with Gasteiger partial charge in [0.2, 0.25) is 5.91 Å². The van der Waals surface area contributed by atoms with E-state index in [9.17, 15) is 9.59 Å². The largest absolute Gasteiger partial charge is 0.481 e. The van der Waals surface area contributed by atoms with Crippen molar-refractivity contribution in [2.24, 2.45) is 5.73 Å². The van der Waals surface area contributed by atoms with Gasteiger partial charge in [0, 0.05) is 17.5 Å². The minimum atomic E-state index is -1.07. The number of amides is 1. The standard InChI is InChI=1S/C27H22N2O4/c1-16-11-22-26(23(12-16)33-15-24(30)31)25-20(27(28)32)7-4-8-21(25)29(22)14-17-9-10-18-5-2-3-6-19(18)13-17/h2-13H,14-15H2,1H3,(H2,28,32)(H,30,31). The number of aromatic nitrogens is 1. The first-order valence-corrected chi connectivity index (χ1v) is 10.6. The highest BCUT2D eigenvalue weighted by atomic mass is 16.5. The first-order chi connectivity index (χ1) is 15.9. The first kappa shape index (κ1) is 20.6. The molecule has 5 rings (SSSR count). The van der Waals surface area contributed by atoms with Crippen LogP contribution in [0.1, 0.15) is 21.5 Å². The lowest BCUT2D eigenvalue weighted by atomic mass is 10.0. The fourth-order valence-corrected chi connectivity index (χ4v) is 4.51. The number of carboxylic acid groups (broad SMARTS) is 1. The van der Waals surface area contributed by atoms with Gasteiger partial charge in [-0.3, -0.25) is 4.79 Å². The van der Waals surface area contributed by atoms with Gasteiger partial charge in [0.25, 0.3) is 0 Å². The van der Waals surface area contributed by atoms with Gasteiger partial charge in [-0.2, -0.15) is 0 Å². The van der Waals surface area contributed by atoms with Crippen LogP contribution in [-0.2, 0) is 11.3 Å². The van der Waals surface area contributed by atoms with E-state index in [-0.39, 0.29) is 0 Å². The van der Waals surface area contributed by atoms with Gasteiger partial charge in [-0.05, 0) is 59.2 Å². The van der Waals surface area contributed by atoms with E-state index in [1.165, 1.54) is 5.39 Å². The van der Waals surface area contributed by atoms with E-state index in [0.29, 0.717) is 28.6 Å². The number of carbonyl (C=O) groups excluding carboxylic acids is 1. The number of nitrogens with zero attached hydrogens (tertiary/aromatic N) is 1. The molecule has 0 unspecified atom stereocenters. The summed E-state index contributed by atoms with van der Waals surface area (Å²) in [6, 6.07) is 23.8. The highest BCUT2D eigenvalue weighted by Gasteiger charge is 2.21. The molecule has 0 aliphatic rings. The molecule has 1 amide bonds. The van der Waals surface area contributed by atoms with Crippen LogP contribution in [0.3, 0.4) is 0 Å². The number of aliphatic carboxylic acids is 1. The molecule has 0 saturated heterocycles. The van der Waals surface area contributed by atoms with Crippen molar-refractivity contribution in [3.63, 3.8) is 0 Å². The van der Waals surface area contributed by atoms with E-state index in [2.05, 4.69) is 34.9 Å². The monoisotopic (exact) mass is 438 g/mol. The molecule has 0 bridgehead atoms. The van der Waals surface area contributed by atoms with Gasteiger partial charge in [-0.1, -0.05) is 42.5 Å². The second kappa shape index (κ2) is 7.98. The van der Waals surface area contributed by atoms with Gasteiger partial charge in [0.15, 0.2) is 6.61 Å². The molecule has 3 N–H and O–H groups in total. The molecule has 0 fully saturated rings.